The number of hydrogen-bond donors (Lipinski definition) is 0. The molecule has 0 aliphatic heterocycles. The summed E-state index contributed by atoms with van der Waals surface area (Å²) >= 11 is 0. The molecule has 0 saturated heterocycles. The molecular weight excluding hydrogens is 326 g/mol. The number of hydrogen-bond acceptors (Lipinski definition) is 1. The molecule has 0 unspecified atom stereocenters. The minimum Gasteiger partial charge on any atom is -0.253 e. The highest BCUT2D eigenvalue weighted by molar-refractivity contribution is 5.78. The van der Waals surface area contributed by atoms with Gasteiger partial charge >= 0.3 is 0 Å². The summed E-state index contributed by atoms with van der Waals surface area (Å²) in [5.41, 5.74) is 6.81. The maximum atomic E-state index is 4.88. The SMILES string of the molecule is C[C@H](Cc1ccc2ccccc2n1)c1cc(C(C)(C)C)cc(C(C)(C)C)c1. The average molecular weight is 360 g/mol. The average Bonchev–Trinajstić information content (AvgIpc) is 2.59. The largest absolute Gasteiger partial charge is 0.253 e. The van der Waals surface area contributed by atoms with Gasteiger partial charge in [0.1, 0.15) is 0 Å². The van der Waals surface area contributed by atoms with Gasteiger partial charge in [-0.05, 0) is 52.0 Å². The Morgan fingerprint density at radius 1 is 0.778 bits per heavy atom. The summed E-state index contributed by atoms with van der Waals surface area (Å²) in [7, 11) is 0. The van der Waals surface area contributed by atoms with Crippen molar-refractivity contribution < 1.29 is 0 Å². The molecule has 1 heterocycles. The Morgan fingerprint density at radius 2 is 1.37 bits per heavy atom. The first-order chi connectivity index (χ1) is 12.5. The van der Waals surface area contributed by atoms with E-state index in [0.29, 0.717) is 5.92 Å². The maximum absolute atomic E-state index is 4.88. The molecule has 0 bridgehead atoms. The fraction of sp³-hybridized carbons (Fsp3) is 0.423. The third-order valence-electron chi connectivity index (χ3n) is 5.43. The van der Waals surface area contributed by atoms with Crippen LogP contribution in [0, 0.1) is 0 Å². The van der Waals surface area contributed by atoms with Gasteiger partial charge in [-0.3, -0.25) is 4.98 Å². The summed E-state index contributed by atoms with van der Waals surface area (Å²) in [6.45, 7) is 16.1. The molecular formula is C26H33N. The fourth-order valence-electron chi connectivity index (χ4n) is 3.46. The highest BCUT2D eigenvalue weighted by Crippen LogP contribution is 2.33. The first kappa shape index (κ1) is 19.6. The van der Waals surface area contributed by atoms with Crippen LogP contribution in [-0.2, 0) is 17.3 Å². The van der Waals surface area contributed by atoms with Crippen molar-refractivity contribution in [2.75, 3.05) is 0 Å². The Kier molecular flexibility index (Phi) is 5.16. The number of fused-ring (bicyclic) bond motifs is 1. The van der Waals surface area contributed by atoms with Gasteiger partial charge in [0.2, 0.25) is 0 Å². The Balaban J connectivity index is 1.96. The Hall–Kier alpha value is -2.15. The van der Waals surface area contributed by atoms with Crippen molar-refractivity contribution in [3.05, 3.63) is 77.0 Å². The first-order valence-electron chi connectivity index (χ1n) is 10.0. The van der Waals surface area contributed by atoms with E-state index in [9.17, 15) is 0 Å². The number of aromatic nitrogens is 1. The van der Waals surface area contributed by atoms with Crippen LogP contribution in [0.1, 0.15) is 76.8 Å². The van der Waals surface area contributed by atoms with E-state index in [0.717, 1.165) is 11.9 Å². The van der Waals surface area contributed by atoms with Crippen LogP contribution < -0.4 is 0 Å². The highest BCUT2D eigenvalue weighted by Gasteiger charge is 2.22. The molecule has 1 atom stereocenters. The van der Waals surface area contributed by atoms with Gasteiger partial charge in [-0.2, -0.15) is 0 Å². The smallest absolute Gasteiger partial charge is 0.0705 e. The zero-order valence-electron chi connectivity index (χ0n) is 17.9. The molecule has 0 aliphatic carbocycles. The van der Waals surface area contributed by atoms with Crippen LogP contribution in [-0.4, -0.2) is 4.98 Å². The Labute approximate surface area is 164 Å². The number of para-hydroxylation sites is 1. The van der Waals surface area contributed by atoms with Gasteiger partial charge in [0, 0.05) is 11.1 Å². The predicted octanol–water partition coefficient (Wildman–Crippen LogP) is 7.18. The molecule has 0 fully saturated rings. The zero-order valence-corrected chi connectivity index (χ0v) is 17.9. The molecule has 1 nitrogen and oxygen atoms in total. The van der Waals surface area contributed by atoms with Crippen LogP contribution >= 0.6 is 0 Å². The molecule has 0 spiro atoms. The van der Waals surface area contributed by atoms with E-state index in [1.54, 1.807) is 0 Å². The Morgan fingerprint density at radius 3 is 1.96 bits per heavy atom. The van der Waals surface area contributed by atoms with Crippen molar-refractivity contribution >= 4 is 10.9 Å². The van der Waals surface area contributed by atoms with Gasteiger partial charge in [0.15, 0.2) is 0 Å². The second-order valence-corrected chi connectivity index (χ2v) is 9.94. The molecule has 3 rings (SSSR count). The van der Waals surface area contributed by atoms with E-state index in [4.69, 9.17) is 4.98 Å². The topological polar surface area (TPSA) is 12.9 Å². The molecule has 1 aromatic heterocycles. The summed E-state index contributed by atoms with van der Waals surface area (Å²) < 4.78 is 0. The normalized spacial score (nSPS) is 13.7. The lowest BCUT2D eigenvalue weighted by Gasteiger charge is -2.27. The fourth-order valence-corrected chi connectivity index (χ4v) is 3.46. The molecule has 0 N–H and O–H groups in total. The predicted molar refractivity (Wildman–Crippen MR) is 118 cm³/mol. The van der Waals surface area contributed by atoms with Crippen molar-refractivity contribution in [3.8, 4) is 0 Å². The summed E-state index contributed by atoms with van der Waals surface area (Å²) in [5.74, 6) is 0.432. The molecule has 3 aromatic rings. The van der Waals surface area contributed by atoms with Crippen LogP contribution in [0.5, 0.6) is 0 Å². The summed E-state index contributed by atoms with van der Waals surface area (Å²) in [4.78, 5) is 4.88. The summed E-state index contributed by atoms with van der Waals surface area (Å²) in [6, 6.07) is 19.9. The number of rotatable bonds is 3. The molecule has 1 heteroatoms. The van der Waals surface area contributed by atoms with Gasteiger partial charge in [-0.15, -0.1) is 0 Å². The van der Waals surface area contributed by atoms with Gasteiger partial charge in [-0.1, -0.05) is 90.9 Å². The van der Waals surface area contributed by atoms with E-state index in [-0.39, 0.29) is 10.8 Å². The molecule has 142 valence electrons. The van der Waals surface area contributed by atoms with Crippen LogP contribution in [0.3, 0.4) is 0 Å². The van der Waals surface area contributed by atoms with E-state index >= 15 is 0 Å². The molecule has 0 amide bonds. The lowest BCUT2D eigenvalue weighted by molar-refractivity contribution is 0.564. The van der Waals surface area contributed by atoms with E-state index in [1.807, 2.05) is 0 Å². The Bertz CT molecular complexity index is 906. The lowest BCUT2D eigenvalue weighted by Crippen LogP contribution is -2.17. The third-order valence-corrected chi connectivity index (χ3v) is 5.43. The van der Waals surface area contributed by atoms with Crippen LogP contribution in [0.2, 0.25) is 0 Å². The standard InChI is InChI=1S/C26H33N/c1-18(14-23-13-12-19-10-8-9-11-24(19)27-23)20-15-21(25(2,3)4)17-22(16-20)26(5,6)7/h8-13,15-18H,14H2,1-7H3/t18-/m1/s1. The molecule has 2 aromatic carbocycles. The monoisotopic (exact) mass is 359 g/mol. The van der Waals surface area contributed by atoms with Crippen molar-refractivity contribution in [3.63, 3.8) is 0 Å². The summed E-state index contributed by atoms with van der Waals surface area (Å²) in [5, 5.41) is 1.21. The van der Waals surface area contributed by atoms with Crippen LogP contribution in [0.15, 0.2) is 54.6 Å². The van der Waals surface area contributed by atoms with Crippen molar-refractivity contribution in [1.29, 1.82) is 0 Å². The zero-order chi connectivity index (χ0) is 19.8. The van der Waals surface area contributed by atoms with Crippen LogP contribution in [0.25, 0.3) is 10.9 Å². The van der Waals surface area contributed by atoms with Crippen molar-refractivity contribution in [2.45, 2.75) is 71.6 Å². The second-order valence-electron chi connectivity index (χ2n) is 9.94. The molecule has 0 saturated carbocycles. The van der Waals surface area contributed by atoms with E-state index < -0.39 is 0 Å². The van der Waals surface area contributed by atoms with Crippen molar-refractivity contribution in [2.24, 2.45) is 0 Å². The van der Waals surface area contributed by atoms with E-state index in [2.05, 4.69) is 103 Å². The van der Waals surface area contributed by atoms with Crippen molar-refractivity contribution in [1.82, 2.24) is 4.98 Å². The quantitative estimate of drug-likeness (QED) is 0.483. The van der Waals surface area contributed by atoms with Gasteiger partial charge in [0.25, 0.3) is 0 Å². The first-order valence-corrected chi connectivity index (χ1v) is 10.0. The van der Waals surface area contributed by atoms with E-state index in [1.165, 1.54) is 27.8 Å². The minimum atomic E-state index is 0.150. The number of pyridine rings is 1. The number of nitrogens with zero attached hydrogens (tertiary/aromatic N) is 1. The van der Waals surface area contributed by atoms with Gasteiger partial charge < -0.3 is 0 Å². The maximum Gasteiger partial charge on any atom is 0.0705 e. The molecule has 0 aliphatic rings. The minimum absolute atomic E-state index is 0.150. The second kappa shape index (κ2) is 7.11. The van der Waals surface area contributed by atoms with Gasteiger partial charge in [-0.25, -0.2) is 0 Å². The summed E-state index contributed by atoms with van der Waals surface area (Å²) in [6.07, 6.45) is 0.960. The highest BCUT2D eigenvalue weighted by atomic mass is 14.7. The van der Waals surface area contributed by atoms with Gasteiger partial charge in [0.05, 0.1) is 5.52 Å². The molecule has 27 heavy (non-hydrogen) atoms. The van der Waals surface area contributed by atoms with Crippen LogP contribution in [0.4, 0.5) is 0 Å². The third kappa shape index (κ3) is 4.58. The lowest BCUT2D eigenvalue weighted by atomic mass is 9.78. The molecule has 0 radical (unpaired) electrons. The number of benzene rings is 2.